The number of fused-ring (bicyclic) bond motifs is 1. The number of sulfone groups is 1. The van der Waals surface area contributed by atoms with Crippen LogP contribution in [0.15, 0.2) is 46.3 Å². The van der Waals surface area contributed by atoms with Gasteiger partial charge in [-0.05, 0) is 49.8 Å². The number of nitrogens with zero attached hydrogens (tertiary/aromatic N) is 3. The minimum atomic E-state index is -4.67. The van der Waals surface area contributed by atoms with E-state index in [-0.39, 0.29) is 44.8 Å². The lowest BCUT2D eigenvalue weighted by Crippen LogP contribution is -2.27. The quantitative estimate of drug-likeness (QED) is 0.533. The summed E-state index contributed by atoms with van der Waals surface area (Å²) in [7, 11) is -3.96. The molecule has 3 aromatic rings. The lowest BCUT2D eigenvalue weighted by atomic mass is 9.82. The van der Waals surface area contributed by atoms with Gasteiger partial charge < -0.3 is 5.32 Å². The molecule has 1 aromatic carbocycles. The fourth-order valence-electron chi connectivity index (χ4n) is 4.28. The normalized spacial score (nSPS) is 18.8. The molecule has 1 N–H and O–H groups in total. The van der Waals surface area contributed by atoms with E-state index >= 15 is 0 Å². The number of pyridine rings is 1. The number of anilines is 1. The molecule has 1 amide bonds. The van der Waals surface area contributed by atoms with E-state index in [0.29, 0.717) is 16.7 Å². The summed E-state index contributed by atoms with van der Waals surface area (Å²) in [6.45, 7) is 3.53. The summed E-state index contributed by atoms with van der Waals surface area (Å²) in [5, 5.41) is 6.54. The van der Waals surface area contributed by atoms with Gasteiger partial charge in [0.25, 0.3) is 5.56 Å². The van der Waals surface area contributed by atoms with Gasteiger partial charge in [0.2, 0.25) is 5.91 Å². The summed E-state index contributed by atoms with van der Waals surface area (Å²) >= 11 is 0. The van der Waals surface area contributed by atoms with Crippen molar-refractivity contribution < 1.29 is 26.4 Å². The van der Waals surface area contributed by atoms with E-state index in [4.69, 9.17) is 0 Å². The highest BCUT2D eigenvalue weighted by atomic mass is 32.2. The smallest absolute Gasteiger partial charge is 0.324 e. The van der Waals surface area contributed by atoms with Crippen LogP contribution in [0, 0.1) is 11.8 Å². The number of hydrogen-bond acceptors (Lipinski definition) is 6. The second kappa shape index (κ2) is 9.64. The van der Waals surface area contributed by atoms with E-state index in [2.05, 4.69) is 22.3 Å². The number of carbonyl (C=O) groups is 1. The average Bonchev–Trinajstić information content (AvgIpc) is 2.84. The Bertz CT molecular complexity index is 1480. The van der Waals surface area contributed by atoms with Crippen LogP contribution < -0.4 is 10.9 Å². The third-order valence-electron chi connectivity index (χ3n) is 6.52. The number of hydrogen-bond donors (Lipinski definition) is 1. The SMILES string of the molecule is CCS(=O)(=O)c1cc(NC(=O)C2CCC(C)CC2)cnc1-n1ncc2ccc(C(F)(F)F)cc2c1=O. The van der Waals surface area contributed by atoms with Gasteiger partial charge in [0.15, 0.2) is 15.7 Å². The van der Waals surface area contributed by atoms with Crippen LogP contribution in [-0.2, 0) is 20.8 Å². The standard InChI is InChI=1S/C24H25F3N4O4S/c1-3-36(34,35)20-11-18(30-22(32)15-6-4-14(2)5-7-15)13-28-21(20)31-23(33)19-10-17(24(25,26)27)9-8-16(19)12-29-31/h8-15H,3-7H2,1-2H3,(H,30,32). The number of benzene rings is 1. The van der Waals surface area contributed by atoms with Gasteiger partial charge in [-0.25, -0.2) is 13.4 Å². The molecule has 4 rings (SSSR count). The van der Waals surface area contributed by atoms with Crippen LogP contribution in [0.4, 0.5) is 18.9 Å². The minimum absolute atomic E-state index is 0.141. The van der Waals surface area contributed by atoms with Crippen molar-refractivity contribution in [2.45, 2.75) is 50.6 Å². The van der Waals surface area contributed by atoms with Gasteiger partial charge >= 0.3 is 6.18 Å². The second-order valence-electron chi connectivity index (χ2n) is 9.06. The second-order valence-corrected chi connectivity index (χ2v) is 11.3. The molecule has 0 radical (unpaired) electrons. The van der Waals surface area contributed by atoms with Crippen LogP contribution in [0.25, 0.3) is 16.6 Å². The number of carbonyl (C=O) groups excluding carboxylic acids is 1. The number of halogens is 3. The zero-order valence-corrected chi connectivity index (χ0v) is 20.5. The van der Waals surface area contributed by atoms with Crippen molar-refractivity contribution in [3.05, 3.63) is 52.6 Å². The third kappa shape index (κ3) is 5.13. The van der Waals surface area contributed by atoms with E-state index < -0.39 is 27.1 Å². The van der Waals surface area contributed by atoms with Gasteiger partial charge in [0, 0.05) is 11.3 Å². The number of amides is 1. The summed E-state index contributed by atoms with van der Waals surface area (Å²) in [5.74, 6) is -0.571. The van der Waals surface area contributed by atoms with Gasteiger partial charge in [-0.2, -0.15) is 23.0 Å². The first-order valence-electron chi connectivity index (χ1n) is 11.5. The minimum Gasteiger partial charge on any atom is -0.324 e. The molecule has 1 saturated carbocycles. The van der Waals surface area contributed by atoms with Crippen LogP contribution in [0.1, 0.15) is 45.1 Å². The topological polar surface area (TPSA) is 111 Å². The van der Waals surface area contributed by atoms with Crippen molar-refractivity contribution in [2.24, 2.45) is 11.8 Å². The molecular formula is C24H25F3N4O4S. The lowest BCUT2D eigenvalue weighted by Gasteiger charge is -2.25. The van der Waals surface area contributed by atoms with Crippen molar-refractivity contribution in [3.63, 3.8) is 0 Å². The molecule has 0 aliphatic heterocycles. The predicted octanol–water partition coefficient (Wildman–Crippen LogP) is 4.36. The maximum atomic E-state index is 13.2. The number of aromatic nitrogens is 3. The van der Waals surface area contributed by atoms with E-state index in [1.807, 2.05) is 0 Å². The summed E-state index contributed by atoms with van der Waals surface area (Å²) in [6, 6.07) is 3.86. The monoisotopic (exact) mass is 522 g/mol. The molecule has 2 aromatic heterocycles. The lowest BCUT2D eigenvalue weighted by molar-refractivity contribution is -0.137. The Morgan fingerprint density at radius 1 is 1.14 bits per heavy atom. The molecule has 1 aliphatic rings. The Morgan fingerprint density at radius 2 is 1.83 bits per heavy atom. The van der Waals surface area contributed by atoms with Crippen molar-refractivity contribution in [2.75, 3.05) is 11.1 Å². The first-order valence-corrected chi connectivity index (χ1v) is 13.2. The van der Waals surface area contributed by atoms with E-state index in [9.17, 15) is 31.2 Å². The maximum absolute atomic E-state index is 13.2. The van der Waals surface area contributed by atoms with Crippen molar-refractivity contribution >= 4 is 32.2 Å². The molecule has 12 heteroatoms. The fraction of sp³-hybridized carbons (Fsp3) is 0.417. The maximum Gasteiger partial charge on any atom is 0.416 e. The highest BCUT2D eigenvalue weighted by Gasteiger charge is 2.31. The Kier molecular flexibility index (Phi) is 6.91. The van der Waals surface area contributed by atoms with Gasteiger partial charge in [-0.3, -0.25) is 9.59 Å². The molecule has 8 nitrogen and oxygen atoms in total. The summed E-state index contributed by atoms with van der Waals surface area (Å²) in [4.78, 5) is 29.6. The van der Waals surface area contributed by atoms with Gasteiger partial charge in [0.05, 0.1) is 34.8 Å². The Balaban J connectivity index is 1.78. The zero-order chi connectivity index (χ0) is 26.3. The molecule has 1 fully saturated rings. The van der Waals surface area contributed by atoms with Gasteiger partial charge in [-0.15, -0.1) is 0 Å². The van der Waals surface area contributed by atoms with E-state index in [1.165, 1.54) is 25.4 Å². The van der Waals surface area contributed by atoms with Gasteiger partial charge in [-0.1, -0.05) is 19.9 Å². The van der Waals surface area contributed by atoms with E-state index in [0.717, 1.165) is 37.8 Å². The predicted molar refractivity (Wildman–Crippen MR) is 128 cm³/mol. The van der Waals surface area contributed by atoms with Crippen LogP contribution in [0.5, 0.6) is 0 Å². The molecule has 192 valence electrons. The van der Waals surface area contributed by atoms with E-state index in [1.54, 1.807) is 0 Å². The summed E-state index contributed by atoms with van der Waals surface area (Å²) in [5.41, 5.74) is -1.83. The highest BCUT2D eigenvalue weighted by Crippen LogP contribution is 2.31. The van der Waals surface area contributed by atoms with Crippen molar-refractivity contribution in [3.8, 4) is 5.82 Å². The number of alkyl halides is 3. The summed E-state index contributed by atoms with van der Waals surface area (Å²) in [6.07, 6.45) is 1.02. The molecule has 0 bridgehead atoms. The largest absolute Gasteiger partial charge is 0.416 e. The van der Waals surface area contributed by atoms with Crippen LogP contribution in [0.3, 0.4) is 0 Å². The van der Waals surface area contributed by atoms with Gasteiger partial charge in [0.1, 0.15) is 4.90 Å². The molecular weight excluding hydrogens is 497 g/mol. The molecule has 0 saturated heterocycles. The Hall–Kier alpha value is -3.28. The Morgan fingerprint density at radius 3 is 2.47 bits per heavy atom. The molecule has 0 unspecified atom stereocenters. The number of rotatable bonds is 5. The molecule has 1 aliphatic carbocycles. The molecule has 0 spiro atoms. The fourth-order valence-corrected chi connectivity index (χ4v) is 5.32. The summed E-state index contributed by atoms with van der Waals surface area (Å²) < 4.78 is 66.0. The first-order chi connectivity index (χ1) is 16.9. The van der Waals surface area contributed by atoms with Crippen LogP contribution in [0.2, 0.25) is 0 Å². The molecule has 36 heavy (non-hydrogen) atoms. The first kappa shape index (κ1) is 25.8. The molecule has 2 heterocycles. The van der Waals surface area contributed by atoms with Crippen molar-refractivity contribution in [1.82, 2.24) is 14.8 Å². The molecule has 0 atom stereocenters. The van der Waals surface area contributed by atoms with Crippen molar-refractivity contribution in [1.29, 1.82) is 0 Å². The zero-order valence-electron chi connectivity index (χ0n) is 19.7. The highest BCUT2D eigenvalue weighted by molar-refractivity contribution is 7.91. The van der Waals surface area contributed by atoms with Crippen LogP contribution in [-0.4, -0.2) is 34.8 Å². The van der Waals surface area contributed by atoms with Crippen LogP contribution >= 0.6 is 0 Å². The number of nitrogens with one attached hydrogen (secondary N) is 1. The third-order valence-corrected chi connectivity index (χ3v) is 8.25. The Labute approximate surface area is 205 Å². The average molecular weight is 523 g/mol.